The van der Waals surface area contributed by atoms with Crippen molar-refractivity contribution in [1.29, 1.82) is 0 Å². The number of rotatable bonds is 2. The Morgan fingerprint density at radius 2 is 1.79 bits per heavy atom. The van der Waals surface area contributed by atoms with Crippen LogP contribution in [0.2, 0.25) is 0 Å². The lowest BCUT2D eigenvalue weighted by Gasteiger charge is -2.27. The molecule has 2 saturated heterocycles. The summed E-state index contributed by atoms with van der Waals surface area (Å²) < 4.78 is 0. The van der Waals surface area contributed by atoms with Crippen molar-refractivity contribution in [1.82, 2.24) is 4.90 Å². The van der Waals surface area contributed by atoms with Crippen molar-refractivity contribution in [3.63, 3.8) is 0 Å². The number of nitrogens with zero attached hydrogens (tertiary/aromatic N) is 2. The van der Waals surface area contributed by atoms with Gasteiger partial charge in [-0.3, -0.25) is 4.90 Å². The third-order valence-electron chi connectivity index (χ3n) is 4.89. The highest BCUT2D eigenvalue weighted by molar-refractivity contribution is 5.48. The summed E-state index contributed by atoms with van der Waals surface area (Å²) in [5, 5.41) is 9.57. The van der Waals surface area contributed by atoms with Crippen LogP contribution in [-0.4, -0.2) is 42.2 Å². The van der Waals surface area contributed by atoms with Crippen LogP contribution in [0.15, 0.2) is 24.3 Å². The predicted molar refractivity (Wildman–Crippen MR) is 78.5 cm³/mol. The van der Waals surface area contributed by atoms with Gasteiger partial charge in [0.2, 0.25) is 0 Å². The lowest BCUT2D eigenvalue weighted by atomic mass is 10.1. The lowest BCUT2D eigenvalue weighted by Crippen LogP contribution is -2.36. The monoisotopic (exact) mass is 260 g/mol. The maximum atomic E-state index is 9.57. The van der Waals surface area contributed by atoms with Crippen molar-refractivity contribution in [2.45, 2.75) is 44.4 Å². The van der Waals surface area contributed by atoms with E-state index in [1.807, 2.05) is 19.1 Å². The van der Waals surface area contributed by atoms with Gasteiger partial charge in [-0.2, -0.15) is 0 Å². The van der Waals surface area contributed by atoms with Crippen LogP contribution in [0.4, 0.5) is 5.69 Å². The molecule has 2 bridgehead atoms. The standard InChI is InChI=1S/C16H24N2O/c1-12(19)13-3-5-15(6-4-13)18-10-9-14-7-8-16(11-18)17(14)2/h3-6,12,14,16,19H,7-11H2,1-2H3/t12-,14?,16?/m0/s1. The number of likely N-dealkylation sites (N-methyl/N-ethyl adjacent to an activating group) is 1. The smallest absolute Gasteiger partial charge is 0.0761 e. The first-order chi connectivity index (χ1) is 9.15. The summed E-state index contributed by atoms with van der Waals surface area (Å²) in [6.07, 6.45) is 3.60. The third kappa shape index (κ3) is 2.49. The normalized spacial score (nSPS) is 29.3. The highest BCUT2D eigenvalue weighted by Gasteiger charge is 2.34. The summed E-state index contributed by atoms with van der Waals surface area (Å²) in [6.45, 7) is 4.11. The summed E-state index contributed by atoms with van der Waals surface area (Å²) >= 11 is 0. The van der Waals surface area contributed by atoms with Crippen LogP contribution >= 0.6 is 0 Å². The number of benzene rings is 1. The van der Waals surface area contributed by atoms with Gasteiger partial charge in [0.15, 0.2) is 0 Å². The number of hydrogen-bond donors (Lipinski definition) is 1. The molecule has 2 fully saturated rings. The second kappa shape index (κ2) is 5.14. The van der Waals surface area contributed by atoms with Crippen LogP contribution in [-0.2, 0) is 0 Å². The SMILES string of the molecule is C[C@H](O)c1ccc(N2CCC3CCC(C2)N3C)cc1. The van der Waals surface area contributed by atoms with E-state index in [0.29, 0.717) is 6.04 Å². The van der Waals surface area contributed by atoms with Gasteiger partial charge in [-0.15, -0.1) is 0 Å². The Kier molecular flexibility index (Phi) is 3.50. The predicted octanol–water partition coefficient (Wildman–Crippen LogP) is 2.41. The second-order valence-electron chi connectivity index (χ2n) is 6.05. The van der Waals surface area contributed by atoms with Crippen molar-refractivity contribution >= 4 is 5.69 Å². The zero-order valence-corrected chi connectivity index (χ0v) is 11.9. The van der Waals surface area contributed by atoms with Crippen molar-refractivity contribution in [3.05, 3.63) is 29.8 Å². The molecule has 0 amide bonds. The molecule has 2 heterocycles. The first kappa shape index (κ1) is 12.9. The molecule has 0 aromatic heterocycles. The minimum absolute atomic E-state index is 0.375. The number of anilines is 1. The van der Waals surface area contributed by atoms with Crippen molar-refractivity contribution in [2.75, 3.05) is 25.0 Å². The van der Waals surface area contributed by atoms with Crippen LogP contribution < -0.4 is 4.90 Å². The summed E-state index contributed by atoms with van der Waals surface area (Å²) in [4.78, 5) is 5.08. The molecule has 19 heavy (non-hydrogen) atoms. The molecule has 1 N–H and O–H groups in total. The van der Waals surface area contributed by atoms with Crippen LogP contribution in [0.25, 0.3) is 0 Å². The fourth-order valence-electron chi connectivity index (χ4n) is 3.51. The van der Waals surface area contributed by atoms with Crippen LogP contribution in [0, 0.1) is 0 Å². The van der Waals surface area contributed by atoms with Gasteiger partial charge in [0.05, 0.1) is 6.10 Å². The van der Waals surface area contributed by atoms with Gasteiger partial charge in [0.1, 0.15) is 0 Å². The van der Waals surface area contributed by atoms with Crippen molar-refractivity contribution in [3.8, 4) is 0 Å². The molecule has 3 atom stereocenters. The Morgan fingerprint density at radius 3 is 2.47 bits per heavy atom. The zero-order chi connectivity index (χ0) is 13.4. The maximum Gasteiger partial charge on any atom is 0.0761 e. The van der Waals surface area contributed by atoms with Gasteiger partial charge in [-0.05, 0) is 50.9 Å². The molecular formula is C16H24N2O. The highest BCUT2D eigenvalue weighted by Crippen LogP contribution is 2.31. The van der Waals surface area contributed by atoms with E-state index in [9.17, 15) is 5.11 Å². The molecule has 3 rings (SSSR count). The molecule has 1 aromatic rings. The maximum absolute atomic E-state index is 9.57. The molecule has 1 aromatic carbocycles. The fraction of sp³-hybridized carbons (Fsp3) is 0.625. The average molecular weight is 260 g/mol. The number of hydrogen-bond acceptors (Lipinski definition) is 3. The van der Waals surface area contributed by atoms with Gasteiger partial charge >= 0.3 is 0 Å². The van der Waals surface area contributed by atoms with Gasteiger partial charge in [0.25, 0.3) is 0 Å². The molecule has 0 radical (unpaired) electrons. The van der Waals surface area contributed by atoms with E-state index >= 15 is 0 Å². The average Bonchev–Trinajstić information content (AvgIpc) is 2.63. The van der Waals surface area contributed by atoms with E-state index in [2.05, 4.69) is 29.0 Å². The van der Waals surface area contributed by atoms with Crippen molar-refractivity contribution in [2.24, 2.45) is 0 Å². The lowest BCUT2D eigenvalue weighted by molar-refractivity contribution is 0.199. The number of aliphatic hydroxyl groups excluding tert-OH is 1. The first-order valence-corrected chi connectivity index (χ1v) is 7.40. The van der Waals surface area contributed by atoms with E-state index < -0.39 is 0 Å². The first-order valence-electron chi connectivity index (χ1n) is 7.40. The molecular weight excluding hydrogens is 236 g/mol. The Hall–Kier alpha value is -1.06. The minimum Gasteiger partial charge on any atom is -0.389 e. The van der Waals surface area contributed by atoms with Gasteiger partial charge < -0.3 is 10.0 Å². The molecule has 2 aliphatic rings. The Morgan fingerprint density at radius 1 is 1.11 bits per heavy atom. The summed E-state index contributed by atoms with van der Waals surface area (Å²) in [7, 11) is 2.28. The molecule has 2 aliphatic heterocycles. The van der Waals surface area contributed by atoms with Crippen LogP contribution in [0.3, 0.4) is 0 Å². The molecule has 3 heteroatoms. The Balaban J connectivity index is 1.75. The molecule has 2 unspecified atom stereocenters. The van der Waals surface area contributed by atoms with E-state index in [-0.39, 0.29) is 6.10 Å². The number of fused-ring (bicyclic) bond motifs is 2. The number of aliphatic hydroxyl groups is 1. The summed E-state index contributed by atoms with van der Waals surface area (Å²) in [5.41, 5.74) is 2.29. The minimum atomic E-state index is -0.375. The quantitative estimate of drug-likeness (QED) is 0.884. The van der Waals surface area contributed by atoms with Gasteiger partial charge in [0, 0.05) is 30.9 Å². The Labute approximate surface area is 115 Å². The molecule has 104 valence electrons. The Bertz CT molecular complexity index is 429. The zero-order valence-electron chi connectivity index (χ0n) is 11.9. The van der Waals surface area contributed by atoms with Crippen molar-refractivity contribution < 1.29 is 5.11 Å². The van der Waals surface area contributed by atoms with Gasteiger partial charge in [-0.1, -0.05) is 12.1 Å². The fourth-order valence-corrected chi connectivity index (χ4v) is 3.51. The van der Waals surface area contributed by atoms with Gasteiger partial charge in [-0.25, -0.2) is 0 Å². The molecule has 0 spiro atoms. The second-order valence-corrected chi connectivity index (χ2v) is 6.05. The molecule has 3 nitrogen and oxygen atoms in total. The highest BCUT2D eigenvalue weighted by atomic mass is 16.3. The third-order valence-corrected chi connectivity index (χ3v) is 4.89. The van der Waals surface area contributed by atoms with E-state index in [1.54, 1.807) is 0 Å². The summed E-state index contributed by atoms with van der Waals surface area (Å²) in [5.74, 6) is 0. The van der Waals surface area contributed by atoms with E-state index in [1.165, 1.54) is 24.9 Å². The van der Waals surface area contributed by atoms with E-state index in [4.69, 9.17) is 0 Å². The van der Waals surface area contributed by atoms with E-state index in [0.717, 1.165) is 24.7 Å². The van der Waals surface area contributed by atoms with Crippen LogP contribution in [0.1, 0.15) is 37.9 Å². The topological polar surface area (TPSA) is 26.7 Å². The summed E-state index contributed by atoms with van der Waals surface area (Å²) in [6, 6.07) is 9.90. The molecule has 0 saturated carbocycles. The van der Waals surface area contributed by atoms with Crippen LogP contribution in [0.5, 0.6) is 0 Å². The molecule has 0 aliphatic carbocycles. The largest absolute Gasteiger partial charge is 0.389 e.